The van der Waals surface area contributed by atoms with E-state index < -0.39 is 0 Å². The fourth-order valence-electron chi connectivity index (χ4n) is 2.73. The summed E-state index contributed by atoms with van der Waals surface area (Å²) in [5, 5.41) is 0. The number of hydrogen-bond donors (Lipinski definition) is 0. The lowest BCUT2D eigenvalue weighted by molar-refractivity contribution is 0.575. The van der Waals surface area contributed by atoms with Gasteiger partial charge in [0.25, 0.3) is 5.56 Å². The molecule has 2 nitrogen and oxygen atoms in total. The van der Waals surface area contributed by atoms with Crippen molar-refractivity contribution in [1.29, 1.82) is 0 Å². The molecule has 0 spiro atoms. The van der Waals surface area contributed by atoms with Gasteiger partial charge >= 0.3 is 0 Å². The van der Waals surface area contributed by atoms with E-state index in [0.717, 1.165) is 5.56 Å². The number of pyridine rings is 1. The van der Waals surface area contributed by atoms with Crippen LogP contribution in [0, 0.1) is 0 Å². The van der Waals surface area contributed by atoms with E-state index in [0.29, 0.717) is 17.8 Å². The highest BCUT2D eigenvalue weighted by molar-refractivity contribution is 7.27. The summed E-state index contributed by atoms with van der Waals surface area (Å²) in [5.41, 5.74) is 1.21. The Kier molecular flexibility index (Phi) is 7.47. The van der Waals surface area contributed by atoms with E-state index in [2.05, 4.69) is 53.7 Å². The summed E-state index contributed by atoms with van der Waals surface area (Å²) >= 11 is 3.91. The molecule has 0 N–H and O–H groups in total. The van der Waals surface area contributed by atoms with Crippen LogP contribution in [0.2, 0.25) is 0 Å². The van der Waals surface area contributed by atoms with Gasteiger partial charge < -0.3 is 4.57 Å². The van der Waals surface area contributed by atoms with Gasteiger partial charge in [0.2, 0.25) is 0 Å². The van der Waals surface area contributed by atoms with Gasteiger partial charge in [0.1, 0.15) is 0 Å². The molecular weight excluding hydrogens is 370 g/mol. The topological polar surface area (TPSA) is 22.0 Å². The van der Waals surface area contributed by atoms with Crippen LogP contribution in [0.4, 0.5) is 0 Å². The predicted octanol–water partition coefficient (Wildman–Crippen LogP) is 7.76. The molecule has 3 rings (SSSR count). The normalized spacial score (nSPS) is 11.7. The van der Waals surface area contributed by atoms with Crippen LogP contribution < -0.4 is 5.56 Å². The Labute approximate surface area is 171 Å². The summed E-state index contributed by atoms with van der Waals surface area (Å²) in [7, 11) is 0. The molecule has 3 aromatic rings. The molecule has 0 atom stereocenters. The number of nitrogens with zero attached hydrogens (tertiary/aromatic N) is 1. The number of aromatic nitrogens is 1. The van der Waals surface area contributed by atoms with Gasteiger partial charge in [-0.1, -0.05) is 41.5 Å². The quantitative estimate of drug-likeness (QED) is 0.436. The second kappa shape index (κ2) is 9.20. The molecule has 0 aliphatic heterocycles. The molecule has 0 aromatic carbocycles. The fourth-order valence-corrected chi connectivity index (χ4v) is 5.16. The van der Waals surface area contributed by atoms with Crippen LogP contribution >= 0.6 is 22.7 Å². The lowest BCUT2D eigenvalue weighted by Gasteiger charge is -2.11. The summed E-state index contributed by atoms with van der Waals surface area (Å²) < 4.78 is 4.69. The van der Waals surface area contributed by atoms with Crippen LogP contribution in [-0.2, 0) is 0 Å². The molecule has 4 heteroatoms. The first-order valence-corrected chi connectivity index (χ1v) is 11.5. The van der Waals surface area contributed by atoms with Gasteiger partial charge in [0.05, 0.1) is 0 Å². The molecule has 3 aromatic heterocycles. The van der Waals surface area contributed by atoms with Gasteiger partial charge in [-0.2, -0.15) is 0 Å². The second-order valence-electron chi connectivity index (χ2n) is 8.29. The van der Waals surface area contributed by atoms with Crippen LogP contribution in [-0.4, -0.2) is 4.57 Å². The Morgan fingerprint density at radius 2 is 1.22 bits per heavy atom. The van der Waals surface area contributed by atoms with Crippen LogP contribution in [0.5, 0.6) is 0 Å². The van der Waals surface area contributed by atoms with Crippen LogP contribution in [0.1, 0.15) is 94.5 Å². The molecule has 0 radical (unpaired) electrons. The zero-order chi connectivity index (χ0) is 20.3. The molecule has 0 unspecified atom stereocenters. The largest absolute Gasteiger partial charge is 0.313 e. The standard InChI is InChI=1S/C12H16S2.C11H17NO/c1-7(2)9-5-11-12(13-9)6-10(14-11)8(3)4;1-8(2)10-5-6-12(9(3)4)11(13)7-10/h5-8H,1-4H3;5-9H,1-4H3. The smallest absolute Gasteiger partial charge is 0.251 e. The van der Waals surface area contributed by atoms with Gasteiger partial charge in [-0.15, -0.1) is 22.7 Å². The zero-order valence-electron chi connectivity index (χ0n) is 17.9. The van der Waals surface area contributed by atoms with E-state index in [-0.39, 0.29) is 11.6 Å². The van der Waals surface area contributed by atoms with Crippen molar-refractivity contribution in [1.82, 2.24) is 4.57 Å². The summed E-state index contributed by atoms with van der Waals surface area (Å²) in [6.07, 6.45) is 1.88. The average molecular weight is 404 g/mol. The molecule has 0 aliphatic carbocycles. The third-order valence-electron chi connectivity index (χ3n) is 4.58. The molecule has 0 fully saturated rings. The van der Waals surface area contributed by atoms with Gasteiger partial charge in [0, 0.05) is 37.5 Å². The van der Waals surface area contributed by atoms with Gasteiger partial charge in [0.15, 0.2) is 0 Å². The van der Waals surface area contributed by atoms with Crippen molar-refractivity contribution in [2.24, 2.45) is 0 Å². The van der Waals surface area contributed by atoms with Crippen molar-refractivity contribution >= 4 is 32.1 Å². The molecule has 0 amide bonds. The Hall–Kier alpha value is -1.39. The number of rotatable bonds is 4. The molecule has 148 valence electrons. The lowest BCUT2D eigenvalue weighted by Crippen LogP contribution is -2.20. The Morgan fingerprint density at radius 1 is 0.741 bits per heavy atom. The van der Waals surface area contributed by atoms with Crippen molar-refractivity contribution in [3.8, 4) is 0 Å². The number of thiophene rings is 2. The van der Waals surface area contributed by atoms with E-state index in [1.54, 1.807) is 10.6 Å². The highest BCUT2D eigenvalue weighted by Gasteiger charge is 2.10. The number of hydrogen-bond acceptors (Lipinski definition) is 3. The summed E-state index contributed by atoms with van der Waals surface area (Å²) in [6.45, 7) is 17.3. The minimum Gasteiger partial charge on any atom is -0.313 e. The van der Waals surface area contributed by atoms with Gasteiger partial charge in [-0.25, -0.2) is 0 Å². The Morgan fingerprint density at radius 3 is 1.56 bits per heavy atom. The maximum absolute atomic E-state index is 11.5. The highest BCUT2D eigenvalue weighted by Crippen LogP contribution is 2.38. The van der Waals surface area contributed by atoms with Crippen molar-refractivity contribution in [3.63, 3.8) is 0 Å². The molecule has 0 saturated heterocycles. The first-order valence-electron chi connectivity index (χ1n) is 9.85. The Balaban J connectivity index is 0.000000194. The SMILES string of the molecule is CC(C)c1cc2sc(C(C)C)cc2s1.CC(C)c1ccn(C(C)C)c(=O)c1. The third kappa shape index (κ3) is 5.55. The fraction of sp³-hybridized carbons (Fsp3) is 0.522. The summed E-state index contributed by atoms with van der Waals surface area (Å²) in [4.78, 5) is 14.6. The van der Waals surface area contributed by atoms with E-state index in [9.17, 15) is 4.79 Å². The molecule has 0 bridgehead atoms. The van der Waals surface area contributed by atoms with Crippen LogP contribution in [0.25, 0.3) is 9.40 Å². The van der Waals surface area contributed by atoms with Crippen LogP contribution in [0.15, 0.2) is 35.3 Å². The first-order chi connectivity index (χ1) is 12.6. The van der Waals surface area contributed by atoms with Crippen molar-refractivity contribution in [2.45, 2.75) is 79.2 Å². The number of fused-ring (bicyclic) bond motifs is 1. The molecule has 27 heavy (non-hydrogen) atoms. The van der Waals surface area contributed by atoms with E-state index >= 15 is 0 Å². The maximum atomic E-state index is 11.5. The van der Waals surface area contributed by atoms with Crippen LogP contribution in [0.3, 0.4) is 0 Å². The van der Waals surface area contributed by atoms with Crippen molar-refractivity contribution < 1.29 is 0 Å². The van der Waals surface area contributed by atoms with Crippen molar-refractivity contribution in [2.75, 3.05) is 0 Å². The van der Waals surface area contributed by atoms with E-state index in [1.165, 1.54) is 19.2 Å². The lowest BCUT2D eigenvalue weighted by atomic mass is 10.1. The zero-order valence-corrected chi connectivity index (χ0v) is 19.5. The third-order valence-corrected chi connectivity index (χ3v) is 7.47. The first kappa shape index (κ1) is 21.9. The van der Waals surface area contributed by atoms with Gasteiger partial charge in [-0.3, -0.25) is 4.79 Å². The second-order valence-corrected chi connectivity index (χ2v) is 10.5. The monoisotopic (exact) mass is 403 g/mol. The van der Waals surface area contributed by atoms with E-state index in [4.69, 9.17) is 0 Å². The average Bonchev–Trinajstić information content (AvgIpc) is 3.13. The highest BCUT2D eigenvalue weighted by atomic mass is 32.1. The van der Waals surface area contributed by atoms with E-state index in [1.807, 2.05) is 48.8 Å². The Bertz CT molecular complexity index is 856. The maximum Gasteiger partial charge on any atom is 0.251 e. The minimum atomic E-state index is 0.0983. The van der Waals surface area contributed by atoms with Gasteiger partial charge in [-0.05, 0) is 55.4 Å². The molecule has 0 aliphatic rings. The predicted molar refractivity (Wildman–Crippen MR) is 123 cm³/mol. The summed E-state index contributed by atoms with van der Waals surface area (Å²) in [5.74, 6) is 1.76. The van der Waals surface area contributed by atoms with Crippen molar-refractivity contribution in [3.05, 3.63) is 56.1 Å². The molecule has 3 heterocycles. The minimum absolute atomic E-state index is 0.0983. The summed E-state index contributed by atoms with van der Waals surface area (Å²) in [6, 6.07) is 8.72. The molecular formula is C23H33NOS2. The molecule has 0 saturated carbocycles.